The second kappa shape index (κ2) is 6.06. The van der Waals surface area contributed by atoms with Crippen molar-refractivity contribution in [1.29, 1.82) is 0 Å². The first-order valence-electron chi connectivity index (χ1n) is 6.76. The number of carbonyl (C=O) groups is 1. The van der Waals surface area contributed by atoms with Crippen molar-refractivity contribution in [3.63, 3.8) is 0 Å². The number of hydrogen-bond acceptors (Lipinski definition) is 3. The monoisotopic (exact) mass is 262 g/mol. The number of carbonyl (C=O) groups excluding carboxylic acids is 1. The van der Waals surface area contributed by atoms with E-state index in [0.29, 0.717) is 12.1 Å². The fraction of sp³-hybridized carbons (Fsp3) is 0.533. The van der Waals surface area contributed by atoms with Crippen LogP contribution in [0.5, 0.6) is 0 Å². The largest absolute Gasteiger partial charge is 0.382 e. The van der Waals surface area contributed by atoms with E-state index in [4.69, 9.17) is 4.74 Å². The summed E-state index contributed by atoms with van der Waals surface area (Å²) in [5.74, 6) is 0.0336. The Morgan fingerprint density at radius 2 is 2.00 bits per heavy atom. The molecule has 0 radical (unpaired) electrons. The molecule has 2 unspecified atom stereocenters. The molecule has 1 N–H and O–H groups in total. The summed E-state index contributed by atoms with van der Waals surface area (Å²) in [5.41, 5.74) is 1.78. The van der Waals surface area contributed by atoms with E-state index < -0.39 is 0 Å². The summed E-state index contributed by atoms with van der Waals surface area (Å²) in [5, 5.41) is 3.50. The first-order valence-corrected chi connectivity index (χ1v) is 6.76. The molecule has 1 fully saturated rings. The molecule has 1 amide bonds. The van der Waals surface area contributed by atoms with Crippen molar-refractivity contribution >= 4 is 11.6 Å². The van der Waals surface area contributed by atoms with Crippen LogP contribution in [0.25, 0.3) is 0 Å². The topological polar surface area (TPSA) is 41.6 Å². The molecule has 1 aromatic rings. The van der Waals surface area contributed by atoms with E-state index in [1.807, 2.05) is 24.3 Å². The lowest BCUT2D eigenvalue weighted by molar-refractivity contribution is 0.0232. The zero-order valence-corrected chi connectivity index (χ0v) is 11.8. The summed E-state index contributed by atoms with van der Waals surface area (Å²) in [6, 6.07) is 8.13. The van der Waals surface area contributed by atoms with Crippen molar-refractivity contribution in [2.75, 3.05) is 26.0 Å². The minimum Gasteiger partial charge on any atom is -0.382 e. The zero-order valence-electron chi connectivity index (χ0n) is 11.8. The van der Waals surface area contributed by atoms with Gasteiger partial charge < -0.3 is 15.0 Å². The van der Waals surface area contributed by atoms with Crippen LogP contribution in [0.4, 0.5) is 5.69 Å². The third-order valence-electron chi connectivity index (χ3n) is 3.39. The summed E-state index contributed by atoms with van der Waals surface area (Å²) in [6.45, 7) is 2.92. The molecule has 0 bridgehead atoms. The van der Waals surface area contributed by atoms with Gasteiger partial charge in [-0.05, 0) is 44.0 Å². The van der Waals surface area contributed by atoms with Gasteiger partial charge in [0.2, 0.25) is 0 Å². The van der Waals surface area contributed by atoms with Gasteiger partial charge in [-0.2, -0.15) is 0 Å². The van der Waals surface area contributed by atoms with Gasteiger partial charge in [-0.15, -0.1) is 0 Å². The average Bonchev–Trinajstić information content (AvgIpc) is 2.39. The Bertz CT molecular complexity index is 428. The molecular weight excluding hydrogens is 240 g/mol. The van der Waals surface area contributed by atoms with Gasteiger partial charge >= 0.3 is 0 Å². The first-order chi connectivity index (χ1) is 9.06. The standard InChI is InChI=1S/C15H22N2O2/c1-11-10-14(8-9-19-11)16-13-6-4-12(5-7-13)15(18)17(2)3/h4-7,11,14,16H,8-10H2,1-3H3. The Hall–Kier alpha value is -1.55. The van der Waals surface area contributed by atoms with E-state index in [1.165, 1.54) is 0 Å². The predicted octanol–water partition coefficient (Wildman–Crippen LogP) is 2.37. The van der Waals surface area contributed by atoms with E-state index in [1.54, 1.807) is 19.0 Å². The van der Waals surface area contributed by atoms with Crippen LogP contribution in [-0.4, -0.2) is 43.7 Å². The van der Waals surface area contributed by atoms with E-state index in [-0.39, 0.29) is 5.91 Å². The van der Waals surface area contributed by atoms with Gasteiger partial charge in [0.15, 0.2) is 0 Å². The number of rotatable bonds is 3. The average molecular weight is 262 g/mol. The maximum absolute atomic E-state index is 11.8. The van der Waals surface area contributed by atoms with Crippen LogP contribution in [0.1, 0.15) is 30.1 Å². The van der Waals surface area contributed by atoms with E-state index in [9.17, 15) is 4.79 Å². The highest BCUT2D eigenvalue weighted by Crippen LogP contribution is 2.19. The molecule has 0 saturated carbocycles. The molecule has 1 aliphatic rings. The second-order valence-corrected chi connectivity index (χ2v) is 5.32. The highest BCUT2D eigenvalue weighted by Gasteiger charge is 2.19. The maximum atomic E-state index is 11.8. The minimum absolute atomic E-state index is 0.0336. The third-order valence-corrected chi connectivity index (χ3v) is 3.39. The summed E-state index contributed by atoms with van der Waals surface area (Å²) < 4.78 is 5.53. The van der Waals surface area contributed by atoms with Crippen molar-refractivity contribution in [3.8, 4) is 0 Å². The highest BCUT2D eigenvalue weighted by molar-refractivity contribution is 5.94. The molecule has 1 saturated heterocycles. The minimum atomic E-state index is 0.0336. The van der Waals surface area contributed by atoms with Gasteiger partial charge in [-0.3, -0.25) is 4.79 Å². The Balaban J connectivity index is 1.97. The SMILES string of the molecule is CC1CC(Nc2ccc(C(=O)N(C)C)cc2)CCO1. The summed E-state index contributed by atoms with van der Waals surface area (Å²) in [4.78, 5) is 13.4. The van der Waals surface area contributed by atoms with Crippen molar-refractivity contribution in [2.24, 2.45) is 0 Å². The lowest BCUT2D eigenvalue weighted by Gasteiger charge is -2.28. The normalized spacial score (nSPS) is 22.9. The molecule has 19 heavy (non-hydrogen) atoms. The quantitative estimate of drug-likeness (QED) is 0.909. The molecule has 0 spiro atoms. The van der Waals surface area contributed by atoms with Crippen molar-refractivity contribution in [2.45, 2.75) is 31.9 Å². The van der Waals surface area contributed by atoms with Crippen LogP contribution < -0.4 is 5.32 Å². The van der Waals surface area contributed by atoms with Crippen LogP contribution in [-0.2, 0) is 4.74 Å². The first kappa shape index (κ1) is 13.9. The lowest BCUT2D eigenvalue weighted by Crippen LogP contribution is -2.32. The Labute approximate surface area is 114 Å². The Morgan fingerprint density at radius 3 is 2.58 bits per heavy atom. The molecular formula is C15H22N2O2. The van der Waals surface area contributed by atoms with Crippen LogP contribution in [0, 0.1) is 0 Å². The van der Waals surface area contributed by atoms with Crippen molar-refractivity contribution in [1.82, 2.24) is 4.90 Å². The molecule has 0 aliphatic carbocycles. The van der Waals surface area contributed by atoms with Crippen LogP contribution in [0.3, 0.4) is 0 Å². The van der Waals surface area contributed by atoms with Crippen LogP contribution >= 0.6 is 0 Å². The molecule has 104 valence electrons. The lowest BCUT2D eigenvalue weighted by atomic mass is 10.0. The number of nitrogens with one attached hydrogen (secondary N) is 1. The fourth-order valence-electron chi connectivity index (χ4n) is 2.33. The number of hydrogen-bond donors (Lipinski definition) is 1. The fourth-order valence-corrected chi connectivity index (χ4v) is 2.33. The molecule has 4 heteroatoms. The molecule has 1 aromatic carbocycles. The van der Waals surface area contributed by atoms with Crippen LogP contribution in [0.15, 0.2) is 24.3 Å². The zero-order chi connectivity index (χ0) is 13.8. The van der Waals surface area contributed by atoms with E-state index in [0.717, 1.165) is 30.7 Å². The summed E-state index contributed by atoms with van der Waals surface area (Å²) in [6.07, 6.45) is 2.38. The van der Waals surface area contributed by atoms with E-state index >= 15 is 0 Å². The number of anilines is 1. The van der Waals surface area contributed by atoms with Gasteiger partial charge in [0, 0.05) is 38.0 Å². The molecule has 1 aliphatic heterocycles. The number of benzene rings is 1. The molecule has 2 atom stereocenters. The predicted molar refractivity (Wildman–Crippen MR) is 76.5 cm³/mol. The third kappa shape index (κ3) is 3.70. The van der Waals surface area contributed by atoms with Gasteiger partial charge in [0.1, 0.15) is 0 Å². The summed E-state index contributed by atoms with van der Waals surface area (Å²) in [7, 11) is 3.52. The molecule has 4 nitrogen and oxygen atoms in total. The number of nitrogens with zero attached hydrogens (tertiary/aromatic N) is 1. The maximum Gasteiger partial charge on any atom is 0.253 e. The van der Waals surface area contributed by atoms with Crippen LogP contribution in [0.2, 0.25) is 0 Å². The van der Waals surface area contributed by atoms with Gasteiger partial charge in [-0.25, -0.2) is 0 Å². The van der Waals surface area contributed by atoms with Crippen molar-refractivity contribution in [3.05, 3.63) is 29.8 Å². The summed E-state index contributed by atoms with van der Waals surface area (Å²) >= 11 is 0. The Kier molecular flexibility index (Phi) is 4.43. The number of amides is 1. The van der Waals surface area contributed by atoms with Gasteiger partial charge in [0.25, 0.3) is 5.91 Å². The van der Waals surface area contributed by atoms with Crippen molar-refractivity contribution < 1.29 is 9.53 Å². The number of ether oxygens (including phenoxy) is 1. The molecule has 0 aromatic heterocycles. The highest BCUT2D eigenvalue weighted by atomic mass is 16.5. The molecule has 1 heterocycles. The van der Waals surface area contributed by atoms with Gasteiger partial charge in [0.05, 0.1) is 6.10 Å². The second-order valence-electron chi connectivity index (χ2n) is 5.32. The Morgan fingerprint density at radius 1 is 1.32 bits per heavy atom. The molecule has 2 rings (SSSR count). The smallest absolute Gasteiger partial charge is 0.253 e. The van der Waals surface area contributed by atoms with Gasteiger partial charge in [-0.1, -0.05) is 0 Å². The van der Waals surface area contributed by atoms with E-state index in [2.05, 4.69) is 12.2 Å².